The minimum Gasteiger partial charge on any atom is -0.379 e. The summed E-state index contributed by atoms with van der Waals surface area (Å²) in [5.41, 5.74) is 5.77. The number of primary amides is 1. The molecule has 1 aromatic carbocycles. The van der Waals surface area contributed by atoms with E-state index in [9.17, 15) is 4.79 Å². The molecule has 1 aromatic rings. The van der Waals surface area contributed by atoms with Crippen molar-refractivity contribution in [1.82, 2.24) is 0 Å². The predicted octanol–water partition coefficient (Wildman–Crippen LogP) is 0.0948. The summed E-state index contributed by atoms with van der Waals surface area (Å²) in [4.78, 5) is 10.3. The largest absolute Gasteiger partial charge is 0.379 e. The predicted molar refractivity (Wildman–Crippen MR) is 41.4 cm³/mol. The van der Waals surface area contributed by atoms with Crippen molar-refractivity contribution < 1.29 is 4.79 Å². The average Bonchev–Trinajstić information content (AvgIpc) is 1.88. The fourth-order valence-corrected chi connectivity index (χ4v) is 0.714. The number of nitrogens with two attached hydrogens (primary N) is 1. The van der Waals surface area contributed by atoms with Gasteiger partial charge in [0.05, 0.1) is 0 Å². The molecule has 0 aliphatic rings. The van der Waals surface area contributed by atoms with Crippen LogP contribution in [0.3, 0.4) is 0 Å². The van der Waals surface area contributed by atoms with Crippen LogP contribution >= 0.6 is 0 Å². The highest BCUT2D eigenvalue weighted by Crippen LogP contribution is 1.80. The standard InChI is InChI=1S/C7H7BNO/c9-7(10)8-6-4-2-1-3-5-6/h1-5H,(H2,9,10). The second-order valence-corrected chi connectivity index (χ2v) is 1.96. The summed E-state index contributed by atoms with van der Waals surface area (Å²) in [5.74, 6) is -0.411. The smallest absolute Gasteiger partial charge is 0.270 e. The molecule has 0 bridgehead atoms. The van der Waals surface area contributed by atoms with E-state index >= 15 is 0 Å². The number of rotatable bonds is 2. The Labute approximate surface area is 60.3 Å². The van der Waals surface area contributed by atoms with Gasteiger partial charge < -0.3 is 5.73 Å². The van der Waals surface area contributed by atoms with Crippen LogP contribution in [0, 0.1) is 0 Å². The fraction of sp³-hybridized carbons (Fsp3) is 0. The van der Waals surface area contributed by atoms with Crippen LogP contribution in [-0.4, -0.2) is 13.1 Å². The van der Waals surface area contributed by atoms with Crippen LogP contribution in [-0.2, 0) is 0 Å². The molecule has 0 saturated carbocycles. The quantitative estimate of drug-likeness (QED) is 0.569. The van der Waals surface area contributed by atoms with Crippen molar-refractivity contribution in [2.75, 3.05) is 0 Å². The number of amides is 1. The van der Waals surface area contributed by atoms with Crippen LogP contribution < -0.4 is 11.2 Å². The Kier molecular flexibility index (Phi) is 2.10. The molecule has 10 heavy (non-hydrogen) atoms. The molecule has 1 radical (unpaired) electrons. The average molecular weight is 132 g/mol. The van der Waals surface area contributed by atoms with E-state index in [0.717, 1.165) is 5.46 Å². The van der Waals surface area contributed by atoms with Gasteiger partial charge in [-0.1, -0.05) is 35.8 Å². The normalized spacial score (nSPS) is 8.80. The van der Waals surface area contributed by atoms with E-state index in [1.165, 1.54) is 7.28 Å². The Morgan fingerprint density at radius 1 is 1.30 bits per heavy atom. The zero-order valence-electron chi connectivity index (χ0n) is 5.45. The summed E-state index contributed by atoms with van der Waals surface area (Å²) < 4.78 is 0. The maximum absolute atomic E-state index is 10.3. The molecule has 49 valence electrons. The van der Waals surface area contributed by atoms with Gasteiger partial charge in [-0.3, -0.25) is 4.79 Å². The lowest BCUT2D eigenvalue weighted by Crippen LogP contribution is -2.28. The molecular weight excluding hydrogens is 125 g/mol. The van der Waals surface area contributed by atoms with Crippen LogP contribution in [0.2, 0.25) is 0 Å². The van der Waals surface area contributed by atoms with Crippen molar-refractivity contribution in [3.63, 3.8) is 0 Å². The number of carbonyl (C=O) groups excluding carboxylic acids is 1. The maximum Gasteiger partial charge on any atom is 0.270 e. The Balaban J connectivity index is 2.67. The van der Waals surface area contributed by atoms with Gasteiger partial charge in [-0.25, -0.2) is 0 Å². The third kappa shape index (κ3) is 1.93. The highest BCUT2D eigenvalue weighted by Gasteiger charge is 1.98. The number of carbonyl (C=O) groups is 1. The second-order valence-electron chi connectivity index (χ2n) is 1.96. The van der Waals surface area contributed by atoms with Gasteiger partial charge in [0.25, 0.3) is 7.28 Å². The second kappa shape index (κ2) is 3.06. The molecule has 0 saturated heterocycles. The summed E-state index contributed by atoms with van der Waals surface area (Å²) >= 11 is 0. The van der Waals surface area contributed by atoms with Crippen LogP contribution in [0.15, 0.2) is 30.3 Å². The van der Waals surface area contributed by atoms with E-state index in [4.69, 9.17) is 5.73 Å². The SMILES string of the molecule is NC(=O)[B]c1ccccc1. The first-order valence-electron chi connectivity index (χ1n) is 2.98. The lowest BCUT2D eigenvalue weighted by Gasteiger charge is -1.91. The van der Waals surface area contributed by atoms with E-state index in [1.54, 1.807) is 0 Å². The van der Waals surface area contributed by atoms with Crippen LogP contribution in [0.4, 0.5) is 4.79 Å². The lowest BCUT2D eigenvalue weighted by molar-refractivity contribution is 0.266. The van der Waals surface area contributed by atoms with Gasteiger partial charge in [-0.05, 0) is 0 Å². The Bertz CT molecular complexity index is 222. The number of hydrogen-bond acceptors (Lipinski definition) is 1. The highest BCUT2D eigenvalue weighted by molar-refractivity contribution is 6.83. The van der Waals surface area contributed by atoms with Gasteiger partial charge in [0.1, 0.15) is 0 Å². The zero-order valence-corrected chi connectivity index (χ0v) is 5.45. The van der Waals surface area contributed by atoms with Gasteiger partial charge in [0.15, 0.2) is 5.81 Å². The minimum absolute atomic E-state index is 0.411. The van der Waals surface area contributed by atoms with Gasteiger partial charge in [0.2, 0.25) is 0 Å². The number of hydrogen-bond donors (Lipinski definition) is 1. The first-order valence-corrected chi connectivity index (χ1v) is 2.98. The fourth-order valence-electron chi connectivity index (χ4n) is 0.714. The summed E-state index contributed by atoms with van der Waals surface area (Å²) in [7, 11) is 1.39. The minimum atomic E-state index is -0.411. The van der Waals surface area contributed by atoms with Crippen molar-refractivity contribution in [1.29, 1.82) is 0 Å². The molecule has 0 aliphatic heterocycles. The van der Waals surface area contributed by atoms with E-state index in [0.29, 0.717) is 0 Å². The molecule has 0 atom stereocenters. The van der Waals surface area contributed by atoms with Crippen LogP contribution in [0.5, 0.6) is 0 Å². The van der Waals surface area contributed by atoms with Crippen LogP contribution in [0.1, 0.15) is 0 Å². The van der Waals surface area contributed by atoms with E-state index in [1.807, 2.05) is 30.3 Å². The summed E-state index contributed by atoms with van der Waals surface area (Å²) in [5, 5.41) is 0. The van der Waals surface area contributed by atoms with Crippen molar-refractivity contribution in [2.24, 2.45) is 5.73 Å². The Hall–Kier alpha value is -1.25. The molecule has 0 aliphatic carbocycles. The van der Waals surface area contributed by atoms with E-state index < -0.39 is 5.81 Å². The third-order valence-electron chi connectivity index (χ3n) is 1.11. The Morgan fingerprint density at radius 3 is 2.40 bits per heavy atom. The van der Waals surface area contributed by atoms with Gasteiger partial charge in [-0.2, -0.15) is 0 Å². The lowest BCUT2D eigenvalue weighted by atomic mass is 9.70. The van der Waals surface area contributed by atoms with Crippen molar-refractivity contribution in [2.45, 2.75) is 0 Å². The number of benzene rings is 1. The van der Waals surface area contributed by atoms with Crippen molar-refractivity contribution in [3.05, 3.63) is 30.3 Å². The summed E-state index contributed by atoms with van der Waals surface area (Å²) in [6.07, 6.45) is 0. The van der Waals surface area contributed by atoms with Crippen molar-refractivity contribution >= 4 is 18.5 Å². The van der Waals surface area contributed by atoms with Gasteiger partial charge in [-0.15, -0.1) is 0 Å². The van der Waals surface area contributed by atoms with Crippen molar-refractivity contribution in [3.8, 4) is 0 Å². The molecular formula is C7H7BNO. The molecule has 2 nitrogen and oxygen atoms in total. The molecule has 1 rings (SSSR count). The Morgan fingerprint density at radius 2 is 1.90 bits per heavy atom. The highest BCUT2D eigenvalue weighted by atomic mass is 16.1. The first-order chi connectivity index (χ1) is 4.79. The molecule has 0 spiro atoms. The van der Waals surface area contributed by atoms with E-state index in [-0.39, 0.29) is 0 Å². The van der Waals surface area contributed by atoms with Crippen LogP contribution in [0.25, 0.3) is 0 Å². The molecule has 1 amide bonds. The molecule has 3 heteroatoms. The molecule has 2 N–H and O–H groups in total. The maximum atomic E-state index is 10.3. The van der Waals surface area contributed by atoms with Gasteiger partial charge >= 0.3 is 0 Å². The monoisotopic (exact) mass is 132 g/mol. The topological polar surface area (TPSA) is 43.1 Å². The molecule has 0 fully saturated rings. The summed E-state index contributed by atoms with van der Waals surface area (Å²) in [6.45, 7) is 0. The third-order valence-corrected chi connectivity index (χ3v) is 1.11. The van der Waals surface area contributed by atoms with Gasteiger partial charge in [0, 0.05) is 0 Å². The molecule has 0 aromatic heterocycles. The molecule has 0 unspecified atom stereocenters. The first kappa shape index (κ1) is 6.87. The molecule has 0 heterocycles. The van der Waals surface area contributed by atoms with E-state index in [2.05, 4.69) is 0 Å². The summed E-state index contributed by atoms with van der Waals surface area (Å²) in [6, 6.07) is 9.25. The zero-order chi connectivity index (χ0) is 7.40.